The normalized spacial score (nSPS) is 23.8. The first-order valence-corrected chi connectivity index (χ1v) is 10.8. The van der Waals surface area contributed by atoms with Gasteiger partial charge >= 0.3 is 5.97 Å². The molecule has 30 heavy (non-hydrogen) atoms. The van der Waals surface area contributed by atoms with Crippen LogP contribution in [-0.4, -0.2) is 37.7 Å². The van der Waals surface area contributed by atoms with E-state index in [1.165, 1.54) is 0 Å². The van der Waals surface area contributed by atoms with Crippen molar-refractivity contribution in [3.63, 3.8) is 0 Å². The molecule has 1 aliphatic carbocycles. The summed E-state index contributed by atoms with van der Waals surface area (Å²) in [7, 11) is 3.24. The lowest BCUT2D eigenvalue weighted by Crippen LogP contribution is -2.49. The Bertz CT molecular complexity index is 843. The van der Waals surface area contributed by atoms with Crippen LogP contribution in [0.15, 0.2) is 17.9 Å². The minimum atomic E-state index is -0.721. The first-order chi connectivity index (χ1) is 14.3. The molecule has 1 fully saturated rings. The van der Waals surface area contributed by atoms with Crippen LogP contribution < -0.4 is 10.1 Å². The summed E-state index contributed by atoms with van der Waals surface area (Å²) in [6.07, 6.45) is 3.59. The van der Waals surface area contributed by atoms with Gasteiger partial charge in [-0.05, 0) is 49.8 Å². The second kappa shape index (κ2) is 8.98. The zero-order valence-corrected chi connectivity index (χ0v) is 19.0. The average Bonchev–Trinajstić information content (AvgIpc) is 2.98. The van der Waals surface area contributed by atoms with Crippen molar-refractivity contribution in [1.29, 1.82) is 0 Å². The number of hydrogen-bond donors (Lipinski definition) is 1. The molecule has 1 saturated carbocycles. The Hall–Kier alpha value is -2.05. The average molecular weight is 436 g/mol. The summed E-state index contributed by atoms with van der Waals surface area (Å²) in [6.45, 7) is 5.55. The fourth-order valence-electron chi connectivity index (χ4n) is 4.30. The fraction of sp³-hybridized carbons (Fsp3) is 0.565. The second-order valence-corrected chi connectivity index (χ2v) is 8.68. The summed E-state index contributed by atoms with van der Waals surface area (Å²) in [6, 6.07) is 3.51. The number of carbonyl (C=O) groups is 2. The number of rotatable bonds is 6. The maximum absolute atomic E-state index is 13.3. The molecule has 1 spiro atoms. The third-order valence-electron chi connectivity index (χ3n) is 6.03. The van der Waals surface area contributed by atoms with E-state index in [1.54, 1.807) is 34.1 Å². The number of carbonyl (C=O) groups excluding carboxylic acids is 2. The fourth-order valence-corrected chi connectivity index (χ4v) is 4.54. The number of halogens is 1. The molecule has 164 valence electrons. The monoisotopic (exact) mass is 435 g/mol. The molecule has 0 saturated heterocycles. The van der Waals surface area contributed by atoms with Crippen LogP contribution in [0, 0.1) is 5.92 Å². The van der Waals surface area contributed by atoms with E-state index >= 15 is 0 Å². The van der Waals surface area contributed by atoms with Crippen molar-refractivity contribution in [3.8, 4) is 5.75 Å². The molecule has 1 aliphatic heterocycles. The van der Waals surface area contributed by atoms with E-state index in [-0.39, 0.29) is 23.9 Å². The summed E-state index contributed by atoms with van der Waals surface area (Å²) < 4.78 is 17.0. The van der Waals surface area contributed by atoms with E-state index < -0.39 is 5.54 Å². The van der Waals surface area contributed by atoms with Gasteiger partial charge < -0.3 is 19.5 Å². The van der Waals surface area contributed by atoms with E-state index in [9.17, 15) is 9.59 Å². The van der Waals surface area contributed by atoms with Crippen LogP contribution in [0.25, 0.3) is 5.57 Å². The van der Waals surface area contributed by atoms with E-state index in [2.05, 4.69) is 5.32 Å². The van der Waals surface area contributed by atoms with Crippen molar-refractivity contribution in [2.75, 3.05) is 14.2 Å². The number of methoxy groups -OCH3 is 2. The molecule has 0 radical (unpaired) electrons. The van der Waals surface area contributed by atoms with Crippen LogP contribution in [0.1, 0.15) is 57.6 Å². The lowest BCUT2D eigenvalue weighted by Gasteiger charge is -2.38. The molecule has 3 rings (SSSR count). The van der Waals surface area contributed by atoms with Gasteiger partial charge in [-0.25, -0.2) is 0 Å². The van der Waals surface area contributed by atoms with Gasteiger partial charge in [-0.2, -0.15) is 0 Å². The van der Waals surface area contributed by atoms with Gasteiger partial charge in [-0.3, -0.25) is 9.59 Å². The first-order valence-electron chi connectivity index (χ1n) is 10.4. The molecule has 0 atom stereocenters. The first kappa shape index (κ1) is 22.6. The summed E-state index contributed by atoms with van der Waals surface area (Å²) in [5.74, 6) is -0.0492. The number of aryl methyl sites for hydroxylation is 1. The molecule has 2 aliphatic rings. The van der Waals surface area contributed by atoms with Crippen LogP contribution in [0.5, 0.6) is 5.75 Å². The highest BCUT2D eigenvalue weighted by molar-refractivity contribution is 6.31. The Kier molecular flexibility index (Phi) is 6.78. The highest BCUT2D eigenvalue weighted by Gasteiger charge is 2.50. The van der Waals surface area contributed by atoms with Crippen molar-refractivity contribution in [2.24, 2.45) is 5.92 Å². The Morgan fingerprint density at radius 1 is 1.27 bits per heavy atom. The van der Waals surface area contributed by atoms with Crippen LogP contribution in [-0.2, 0) is 25.5 Å². The Morgan fingerprint density at radius 3 is 2.47 bits per heavy atom. The van der Waals surface area contributed by atoms with Crippen molar-refractivity contribution in [1.82, 2.24) is 5.32 Å². The van der Waals surface area contributed by atoms with Gasteiger partial charge in [0.1, 0.15) is 11.5 Å². The summed E-state index contributed by atoms with van der Waals surface area (Å²) in [4.78, 5) is 25.9. The molecule has 0 aromatic heterocycles. The largest absolute Gasteiger partial charge is 0.496 e. The number of benzene rings is 1. The highest BCUT2D eigenvalue weighted by atomic mass is 35.5. The number of nitrogens with one attached hydrogen (secondary N) is 1. The maximum atomic E-state index is 13.3. The second-order valence-electron chi connectivity index (χ2n) is 8.25. The molecule has 1 aromatic carbocycles. The Labute approximate surface area is 182 Å². The zero-order valence-electron chi connectivity index (χ0n) is 18.3. The van der Waals surface area contributed by atoms with E-state index in [0.717, 1.165) is 18.4 Å². The van der Waals surface area contributed by atoms with Crippen LogP contribution in [0.3, 0.4) is 0 Å². The van der Waals surface area contributed by atoms with Gasteiger partial charge in [0.15, 0.2) is 0 Å². The standard InChI is InChI=1S/C23H30ClNO5/c1-6-14-11-15(24)12-17(29-5)18(14)19-20(30-22(27)13(2)3)23(25-21(19)26)9-7-16(28-4)8-10-23/h11-13,16H,6-10H2,1-5H3,(H,25,26). The molecule has 6 nitrogen and oxygen atoms in total. The summed E-state index contributed by atoms with van der Waals surface area (Å²) in [5, 5.41) is 3.67. The van der Waals surface area contributed by atoms with Gasteiger partial charge in [-0.15, -0.1) is 0 Å². The minimum Gasteiger partial charge on any atom is -0.496 e. The van der Waals surface area contributed by atoms with E-state index in [0.29, 0.717) is 46.9 Å². The molecule has 1 aromatic rings. The highest BCUT2D eigenvalue weighted by Crippen LogP contribution is 2.46. The number of esters is 1. The zero-order chi connectivity index (χ0) is 22.1. The van der Waals surface area contributed by atoms with Gasteiger partial charge in [0.2, 0.25) is 0 Å². The van der Waals surface area contributed by atoms with E-state index in [4.69, 9.17) is 25.8 Å². The predicted octanol–water partition coefficient (Wildman–Crippen LogP) is 4.28. The van der Waals surface area contributed by atoms with Crippen LogP contribution in [0.4, 0.5) is 0 Å². The van der Waals surface area contributed by atoms with Gasteiger partial charge in [0.25, 0.3) is 5.91 Å². The summed E-state index contributed by atoms with van der Waals surface area (Å²) >= 11 is 6.26. The van der Waals surface area contributed by atoms with Gasteiger partial charge in [0, 0.05) is 17.7 Å². The van der Waals surface area contributed by atoms with Crippen molar-refractivity contribution < 1.29 is 23.8 Å². The van der Waals surface area contributed by atoms with Crippen molar-refractivity contribution >= 4 is 29.1 Å². The number of hydrogen-bond acceptors (Lipinski definition) is 5. The smallest absolute Gasteiger partial charge is 0.313 e. The number of amides is 1. The maximum Gasteiger partial charge on any atom is 0.313 e. The topological polar surface area (TPSA) is 73.9 Å². The molecule has 7 heteroatoms. The van der Waals surface area contributed by atoms with Crippen LogP contribution in [0.2, 0.25) is 5.02 Å². The molecule has 1 amide bonds. The van der Waals surface area contributed by atoms with Crippen LogP contribution >= 0.6 is 11.6 Å². The van der Waals surface area contributed by atoms with Gasteiger partial charge in [0.05, 0.1) is 30.2 Å². The molecule has 1 N–H and O–H groups in total. The van der Waals surface area contributed by atoms with Crippen molar-refractivity contribution in [2.45, 2.75) is 64.5 Å². The third-order valence-corrected chi connectivity index (χ3v) is 6.25. The third kappa shape index (κ3) is 4.08. The lowest BCUT2D eigenvalue weighted by atomic mass is 9.79. The molecule has 1 heterocycles. The van der Waals surface area contributed by atoms with Gasteiger partial charge in [-0.1, -0.05) is 32.4 Å². The quantitative estimate of drug-likeness (QED) is 0.675. The lowest BCUT2D eigenvalue weighted by molar-refractivity contribution is -0.144. The van der Waals surface area contributed by atoms with E-state index in [1.807, 2.05) is 13.0 Å². The molecule has 0 bridgehead atoms. The summed E-state index contributed by atoms with van der Waals surface area (Å²) in [5.41, 5.74) is 1.15. The van der Waals surface area contributed by atoms with Crippen molar-refractivity contribution in [3.05, 3.63) is 34.0 Å². The SMILES string of the molecule is CCc1cc(Cl)cc(OC)c1C1=C(OC(=O)C(C)C)C2(CCC(OC)CC2)NC1=O. The molecular formula is C23H30ClNO5. The minimum absolute atomic E-state index is 0.134. The predicted molar refractivity (Wildman–Crippen MR) is 115 cm³/mol. The Morgan fingerprint density at radius 2 is 1.93 bits per heavy atom. The number of ether oxygens (including phenoxy) is 3. The Balaban J connectivity index is 2.21. The molecule has 0 unspecified atom stereocenters. The molecular weight excluding hydrogens is 406 g/mol.